The van der Waals surface area contributed by atoms with Gasteiger partial charge in [0.05, 0.1) is 0 Å². The first-order valence-corrected chi connectivity index (χ1v) is 7.37. The minimum atomic E-state index is 0.120. The normalized spacial score (nSPS) is 14.2. The van der Waals surface area contributed by atoms with Gasteiger partial charge in [0, 0.05) is 18.7 Å². The van der Waals surface area contributed by atoms with Gasteiger partial charge in [0.1, 0.15) is 11.5 Å². The zero-order valence-corrected chi connectivity index (χ0v) is 12.2. The van der Waals surface area contributed by atoms with Crippen LogP contribution in [-0.2, 0) is 0 Å². The lowest BCUT2D eigenvalue weighted by Crippen LogP contribution is -2.27. The average molecular weight is 281 g/mol. The SMILES string of the molecule is Cc1ccccc1Oc1ccc(C(=O)N2CCCC2)cc1. The second kappa shape index (κ2) is 6.00. The fraction of sp³-hybridized carbons (Fsp3) is 0.278. The summed E-state index contributed by atoms with van der Waals surface area (Å²) in [6, 6.07) is 15.3. The standard InChI is InChI=1S/C18H19NO2/c1-14-6-2-3-7-17(14)21-16-10-8-15(9-11-16)18(20)19-12-4-5-13-19/h2-3,6-11H,4-5,12-13H2,1H3. The van der Waals surface area contributed by atoms with Gasteiger partial charge in [-0.3, -0.25) is 4.79 Å². The van der Waals surface area contributed by atoms with E-state index in [0.29, 0.717) is 0 Å². The van der Waals surface area contributed by atoms with Crippen molar-refractivity contribution in [3.63, 3.8) is 0 Å². The number of hydrogen-bond acceptors (Lipinski definition) is 2. The number of amides is 1. The van der Waals surface area contributed by atoms with Crippen LogP contribution in [0.1, 0.15) is 28.8 Å². The second-order valence-electron chi connectivity index (χ2n) is 5.39. The molecule has 0 atom stereocenters. The summed E-state index contributed by atoms with van der Waals surface area (Å²) in [7, 11) is 0. The third-order valence-corrected chi connectivity index (χ3v) is 3.82. The van der Waals surface area contributed by atoms with Crippen LogP contribution in [0.5, 0.6) is 11.5 Å². The van der Waals surface area contributed by atoms with Crippen LogP contribution in [0.2, 0.25) is 0 Å². The van der Waals surface area contributed by atoms with E-state index in [1.54, 1.807) is 0 Å². The number of carbonyl (C=O) groups is 1. The number of para-hydroxylation sites is 1. The third kappa shape index (κ3) is 3.07. The lowest BCUT2D eigenvalue weighted by Gasteiger charge is -2.15. The van der Waals surface area contributed by atoms with Crippen LogP contribution in [0.3, 0.4) is 0 Å². The van der Waals surface area contributed by atoms with Gasteiger partial charge in [-0.2, -0.15) is 0 Å². The second-order valence-corrected chi connectivity index (χ2v) is 5.39. The molecule has 3 rings (SSSR count). The van der Waals surface area contributed by atoms with Crippen LogP contribution >= 0.6 is 0 Å². The molecule has 0 radical (unpaired) electrons. The van der Waals surface area contributed by atoms with Gasteiger partial charge < -0.3 is 9.64 Å². The largest absolute Gasteiger partial charge is 0.457 e. The Morgan fingerprint density at radius 2 is 1.67 bits per heavy atom. The molecule has 1 heterocycles. The summed E-state index contributed by atoms with van der Waals surface area (Å²) in [5, 5.41) is 0. The molecule has 2 aromatic rings. The quantitative estimate of drug-likeness (QED) is 0.850. The lowest BCUT2D eigenvalue weighted by molar-refractivity contribution is 0.0793. The van der Waals surface area contributed by atoms with Gasteiger partial charge in [-0.25, -0.2) is 0 Å². The molecule has 3 nitrogen and oxygen atoms in total. The third-order valence-electron chi connectivity index (χ3n) is 3.82. The molecule has 0 saturated carbocycles. The predicted molar refractivity (Wildman–Crippen MR) is 82.8 cm³/mol. The molecule has 3 heteroatoms. The topological polar surface area (TPSA) is 29.5 Å². The molecule has 1 saturated heterocycles. The van der Waals surface area contributed by atoms with E-state index in [1.807, 2.05) is 60.4 Å². The molecule has 108 valence electrons. The summed E-state index contributed by atoms with van der Waals surface area (Å²) in [5.41, 5.74) is 1.82. The Labute approximate surface area is 125 Å². The Bertz CT molecular complexity index is 628. The molecule has 1 aliphatic rings. The van der Waals surface area contributed by atoms with Gasteiger partial charge in [-0.1, -0.05) is 18.2 Å². The number of carbonyl (C=O) groups excluding carboxylic acids is 1. The number of ether oxygens (including phenoxy) is 1. The van der Waals surface area contributed by atoms with Crippen molar-refractivity contribution in [1.29, 1.82) is 0 Å². The molecular weight excluding hydrogens is 262 g/mol. The Morgan fingerprint density at radius 1 is 1.00 bits per heavy atom. The maximum absolute atomic E-state index is 12.3. The van der Waals surface area contributed by atoms with E-state index in [9.17, 15) is 4.79 Å². The highest BCUT2D eigenvalue weighted by atomic mass is 16.5. The summed E-state index contributed by atoms with van der Waals surface area (Å²) in [4.78, 5) is 14.2. The van der Waals surface area contributed by atoms with Crippen molar-refractivity contribution in [3.8, 4) is 11.5 Å². The van der Waals surface area contributed by atoms with Crippen molar-refractivity contribution >= 4 is 5.91 Å². The molecule has 0 unspecified atom stereocenters. The van der Waals surface area contributed by atoms with Gasteiger partial charge in [0.15, 0.2) is 0 Å². The van der Waals surface area contributed by atoms with E-state index < -0.39 is 0 Å². The molecule has 1 fully saturated rings. The fourth-order valence-corrected chi connectivity index (χ4v) is 2.57. The van der Waals surface area contributed by atoms with Gasteiger partial charge in [0.25, 0.3) is 5.91 Å². The van der Waals surface area contributed by atoms with Gasteiger partial charge >= 0.3 is 0 Å². The highest BCUT2D eigenvalue weighted by molar-refractivity contribution is 5.94. The summed E-state index contributed by atoms with van der Waals surface area (Å²) < 4.78 is 5.84. The van der Waals surface area contributed by atoms with Crippen LogP contribution in [-0.4, -0.2) is 23.9 Å². The van der Waals surface area contributed by atoms with Gasteiger partial charge in [-0.05, 0) is 55.7 Å². The number of aryl methyl sites for hydroxylation is 1. The van der Waals surface area contributed by atoms with E-state index in [2.05, 4.69) is 0 Å². The average Bonchev–Trinajstić information content (AvgIpc) is 3.04. The zero-order chi connectivity index (χ0) is 14.7. The van der Waals surface area contributed by atoms with Gasteiger partial charge in [0.2, 0.25) is 0 Å². The Hall–Kier alpha value is -2.29. The predicted octanol–water partition coefficient (Wildman–Crippen LogP) is 4.02. The lowest BCUT2D eigenvalue weighted by atomic mass is 10.2. The number of nitrogens with zero attached hydrogens (tertiary/aromatic N) is 1. The first-order chi connectivity index (χ1) is 10.2. The minimum absolute atomic E-state index is 0.120. The molecule has 1 aliphatic heterocycles. The molecule has 0 aliphatic carbocycles. The van der Waals surface area contributed by atoms with Crippen molar-refractivity contribution in [1.82, 2.24) is 4.90 Å². The summed E-state index contributed by atoms with van der Waals surface area (Å²) >= 11 is 0. The van der Waals surface area contributed by atoms with Crippen molar-refractivity contribution in [2.45, 2.75) is 19.8 Å². The van der Waals surface area contributed by atoms with Crippen LogP contribution in [0.15, 0.2) is 48.5 Å². The molecule has 0 spiro atoms. The molecule has 2 aromatic carbocycles. The zero-order valence-electron chi connectivity index (χ0n) is 12.2. The van der Waals surface area contributed by atoms with Crippen molar-refractivity contribution in [2.24, 2.45) is 0 Å². The monoisotopic (exact) mass is 281 g/mol. The number of rotatable bonds is 3. The van der Waals surface area contributed by atoms with E-state index >= 15 is 0 Å². The van der Waals surface area contributed by atoms with Gasteiger partial charge in [-0.15, -0.1) is 0 Å². The highest BCUT2D eigenvalue weighted by Crippen LogP contribution is 2.25. The Morgan fingerprint density at radius 3 is 2.33 bits per heavy atom. The van der Waals surface area contributed by atoms with Crippen LogP contribution in [0, 0.1) is 6.92 Å². The Balaban J connectivity index is 1.72. The van der Waals surface area contributed by atoms with Crippen LogP contribution in [0.4, 0.5) is 0 Å². The van der Waals surface area contributed by atoms with Crippen LogP contribution < -0.4 is 4.74 Å². The summed E-state index contributed by atoms with van der Waals surface area (Å²) in [6.45, 7) is 3.77. The molecule has 21 heavy (non-hydrogen) atoms. The van der Waals surface area contributed by atoms with E-state index in [1.165, 1.54) is 0 Å². The summed E-state index contributed by atoms with van der Waals surface area (Å²) in [5.74, 6) is 1.72. The van der Waals surface area contributed by atoms with Crippen molar-refractivity contribution < 1.29 is 9.53 Å². The fourth-order valence-electron chi connectivity index (χ4n) is 2.57. The molecule has 1 amide bonds. The number of hydrogen-bond donors (Lipinski definition) is 0. The molecule has 0 N–H and O–H groups in total. The van der Waals surface area contributed by atoms with Crippen molar-refractivity contribution in [2.75, 3.05) is 13.1 Å². The smallest absolute Gasteiger partial charge is 0.253 e. The maximum atomic E-state index is 12.3. The molecule has 0 bridgehead atoms. The molecular formula is C18H19NO2. The minimum Gasteiger partial charge on any atom is -0.457 e. The summed E-state index contributed by atoms with van der Waals surface area (Å²) in [6.07, 6.45) is 2.22. The number of likely N-dealkylation sites (tertiary alicyclic amines) is 1. The van der Waals surface area contributed by atoms with E-state index in [0.717, 1.165) is 48.6 Å². The highest BCUT2D eigenvalue weighted by Gasteiger charge is 2.19. The van der Waals surface area contributed by atoms with Crippen molar-refractivity contribution in [3.05, 3.63) is 59.7 Å². The Kier molecular flexibility index (Phi) is 3.91. The molecule has 0 aromatic heterocycles. The van der Waals surface area contributed by atoms with Crippen LogP contribution in [0.25, 0.3) is 0 Å². The number of benzene rings is 2. The first-order valence-electron chi connectivity index (χ1n) is 7.37. The van der Waals surface area contributed by atoms with E-state index in [-0.39, 0.29) is 5.91 Å². The first kappa shape index (κ1) is 13.7. The van der Waals surface area contributed by atoms with E-state index in [4.69, 9.17) is 4.74 Å². The maximum Gasteiger partial charge on any atom is 0.253 e.